The van der Waals surface area contributed by atoms with Crippen LogP contribution in [0.25, 0.3) is 0 Å². The van der Waals surface area contributed by atoms with Gasteiger partial charge in [0.15, 0.2) is 27.2 Å². The Morgan fingerprint density at radius 2 is 1.91 bits per heavy atom. The Hall–Kier alpha value is -3.44. The van der Waals surface area contributed by atoms with Crippen LogP contribution in [0, 0.1) is 5.82 Å². The lowest BCUT2D eigenvalue weighted by Gasteiger charge is -2.17. The van der Waals surface area contributed by atoms with E-state index in [1.807, 2.05) is 13.8 Å². The van der Waals surface area contributed by atoms with Crippen LogP contribution in [0.4, 0.5) is 10.2 Å². The van der Waals surface area contributed by atoms with E-state index in [0.29, 0.717) is 18.8 Å². The van der Waals surface area contributed by atoms with Crippen LogP contribution in [-0.4, -0.2) is 48.2 Å². The van der Waals surface area contributed by atoms with Gasteiger partial charge >= 0.3 is 0 Å². The van der Waals surface area contributed by atoms with Crippen molar-refractivity contribution in [3.8, 4) is 17.2 Å². The fraction of sp³-hybridized carbons (Fsp3) is 0.304. The van der Waals surface area contributed by atoms with Gasteiger partial charge in [-0.25, -0.2) is 12.8 Å². The van der Waals surface area contributed by atoms with Crippen LogP contribution < -0.4 is 14.8 Å². The number of rotatable bonds is 10. The molecular weight excluding hydrogens is 465 g/mol. The summed E-state index contributed by atoms with van der Waals surface area (Å²) in [5.41, 5.74) is 0.152. The number of aromatic nitrogens is 2. The van der Waals surface area contributed by atoms with E-state index >= 15 is 0 Å². The molecule has 9 nitrogen and oxygen atoms in total. The van der Waals surface area contributed by atoms with E-state index in [4.69, 9.17) is 9.47 Å². The predicted molar refractivity (Wildman–Crippen MR) is 124 cm³/mol. The molecule has 0 saturated carbocycles. The van der Waals surface area contributed by atoms with Gasteiger partial charge in [-0.2, -0.15) is 5.10 Å². The second kappa shape index (κ2) is 10.7. The molecule has 0 fully saturated rings. The van der Waals surface area contributed by atoms with Crippen LogP contribution >= 0.6 is 0 Å². The third-order valence-electron chi connectivity index (χ3n) is 4.87. The number of ether oxygens (including phenoxy) is 2. The minimum Gasteiger partial charge on any atom is -0.488 e. The molecule has 11 heteroatoms. The minimum atomic E-state index is -3.59. The molecule has 0 spiro atoms. The number of hydrogen-bond donors (Lipinski definition) is 2. The lowest BCUT2D eigenvalue weighted by Crippen LogP contribution is -2.20. The van der Waals surface area contributed by atoms with Crippen molar-refractivity contribution < 1.29 is 32.2 Å². The first-order valence-electron chi connectivity index (χ1n) is 10.6. The summed E-state index contributed by atoms with van der Waals surface area (Å²) in [7, 11) is -3.59. The smallest absolute Gasteiger partial charge is 0.257 e. The Bertz CT molecular complexity index is 1270. The van der Waals surface area contributed by atoms with E-state index in [9.17, 15) is 22.7 Å². The number of aryl methyl sites for hydroxylation is 1. The first-order chi connectivity index (χ1) is 16.1. The second-order valence-electron chi connectivity index (χ2n) is 7.50. The fourth-order valence-electron chi connectivity index (χ4n) is 2.99. The van der Waals surface area contributed by atoms with Crippen LogP contribution in [0.3, 0.4) is 0 Å². The van der Waals surface area contributed by atoms with Gasteiger partial charge in [0, 0.05) is 36.7 Å². The zero-order valence-electron chi connectivity index (χ0n) is 19.0. The van der Waals surface area contributed by atoms with Crippen molar-refractivity contribution in [1.82, 2.24) is 9.78 Å². The second-order valence-corrected chi connectivity index (χ2v) is 9.52. The van der Waals surface area contributed by atoms with Crippen molar-refractivity contribution in [2.45, 2.75) is 37.8 Å². The van der Waals surface area contributed by atoms with Gasteiger partial charge in [0.1, 0.15) is 17.6 Å². The molecule has 1 heterocycles. The first kappa shape index (κ1) is 25.2. The molecule has 3 rings (SSSR count). The number of benzene rings is 2. The number of hydrogen-bond acceptors (Lipinski definition) is 7. The first-order valence-corrected chi connectivity index (χ1v) is 12.5. The maximum absolute atomic E-state index is 14.5. The standard InChI is InChI=1S/C23H26FN3O6S/c1-4-16(14-28)32-17-10-15(23(29)25-22-8-9-27(5-2)26-22)11-18(12-17)33-21-7-6-19(13-20(21)24)34(3,30)31/h6-13,16,28H,4-5,14H2,1-3H3,(H,25,26,29). The number of carbonyl (C=O) groups excluding carboxylic acids is 1. The van der Waals surface area contributed by atoms with E-state index < -0.39 is 27.7 Å². The molecule has 1 amide bonds. The number of carbonyl (C=O) groups is 1. The van der Waals surface area contributed by atoms with Gasteiger partial charge in [0.25, 0.3) is 5.91 Å². The lowest BCUT2D eigenvalue weighted by atomic mass is 10.1. The number of halogens is 1. The summed E-state index contributed by atoms with van der Waals surface area (Å²) in [6.07, 6.45) is 2.69. The Labute approximate surface area is 197 Å². The molecule has 0 aliphatic rings. The van der Waals surface area contributed by atoms with Crippen LogP contribution in [0.1, 0.15) is 30.6 Å². The summed E-state index contributed by atoms with van der Waals surface area (Å²) in [6, 6.07) is 9.25. The highest BCUT2D eigenvalue weighted by molar-refractivity contribution is 7.90. The van der Waals surface area contributed by atoms with Gasteiger partial charge < -0.3 is 19.9 Å². The third-order valence-corrected chi connectivity index (χ3v) is 5.98. The van der Waals surface area contributed by atoms with Crippen molar-refractivity contribution in [2.24, 2.45) is 0 Å². The van der Waals surface area contributed by atoms with Gasteiger partial charge in [-0.15, -0.1) is 0 Å². The molecule has 1 atom stereocenters. The lowest BCUT2D eigenvalue weighted by molar-refractivity contribution is 0.102. The molecule has 1 unspecified atom stereocenters. The van der Waals surface area contributed by atoms with E-state index in [1.54, 1.807) is 16.9 Å². The Balaban J connectivity index is 1.93. The number of nitrogens with one attached hydrogen (secondary N) is 1. The topological polar surface area (TPSA) is 120 Å². The van der Waals surface area contributed by atoms with E-state index in [-0.39, 0.29) is 34.3 Å². The van der Waals surface area contributed by atoms with E-state index in [2.05, 4.69) is 10.4 Å². The van der Waals surface area contributed by atoms with Gasteiger partial charge in [0.2, 0.25) is 0 Å². The average molecular weight is 492 g/mol. The zero-order valence-corrected chi connectivity index (χ0v) is 19.8. The number of sulfone groups is 1. The summed E-state index contributed by atoms with van der Waals surface area (Å²) in [5, 5.41) is 16.4. The average Bonchev–Trinajstić information content (AvgIpc) is 3.25. The molecule has 182 valence electrons. The van der Waals surface area contributed by atoms with Crippen LogP contribution in [0.5, 0.6) is 17.2 Å². The van der Waals surface area contributed by atoms with Crippen molar-refractivity contribution in [2.75, 3.05) is 18.2 Å². The molecule has 0 aliphatic carbocycles. The molecule has 1 aromatic heterocycles. The maximum atomic E-state index is 14.5. The molecule has 0 aliphatic heterocycles. The summed E-state index contributed by atoms with van der Waals surface area (Å²) in [6.45, 7) is 4.15. The quantitative estimate of drug-likeness (QED) is 0.444. The van der Waals surface area contributed by atoms with Gasteiger partial charge in [-0.05, 0) is 43.7 Å². The number of nitrogens with zero attached hydrogens (tertiary/aromatic N) is 2. The number of aliphatic hydroxyl groups is 1. The minimum absolute atomic E-state index is 0.0838. The highest BCUT2D eigenvalue weighted by Crippen LogP contribution is 2.31. The van der Waals surface area contributed by atoms with Crippen molar-refractivity contribution in [3.05, 3.63) is 60.0 Å². The Morgan fingerprint density at radius 3 is 2.50 bits per heavy atom. The molecule has 0 bridgehead atoms. The molecule has 0 saturated heterocycles. The normalized spacial score (nSPS) is 12.3. The fourth-order valence-corrected chi connectivity index (χ4v) is 3.62. The highest BCUT2D eigenvalue weighted by atomic mass is 32.2. The van der Waals surface area contributed by atoms with Crippen molar-refractivity contribution >= 4 is 21.6 Å². The summed E-state index contributed by atoms with van der Waals surface area (Å²) in [4.78, 5) is 12.7. The monoisotopic (exact) mass is 491 g/mol. The SMILES string of the molecule is CCC(CO)Oc1cc(Oc2ccc(S(C)(=O)=O)cc2F)cc(C(=O)Nc2ccn(CC)n2)c1. The molecule has 34 heavy (non-hydrogen) atoms. The van der Waals surface area contributed by atoms with Gasteiger partial charge in [-0.1, -0.05) is 6.92 Å². The van der Waals surface area contributed by atoms with Crippen LogP contribution in [-0.2, 0) is 16.4 Å². The van der Waals surface area contributed by atoms with Crippen LogP contribution in [0.15, 0.2) is 53.6 Å². The molecule has 0 radical (unpaired) electrons. The number of amides is 1. The molecule has 2 aromatic carbocycles. The maximum Gasteiger partial charge on any atom is 0.257 e. The predicted octanol–water partition coefficient (Wildman–Crippen LogP) is 3.64. The van der Waals surface area contributed by atoms with Crippen molar-refractivity contribution in [1.29, 1.82) is 0 Å². The number of anilines is 1. The van der Waals surface area contributed by atoms with E-state index in [0.717, 1.165) is 12.3 Å². The van der Waals surface area contributed by atoms with Gasteiger partial charge in [0.05, 0.1) is 11.5 Å². The molecule has 2 N–H and O–H groups in total. The van der Waals surface area contributed by atoms with E-state index in [1.165, 1.54) is 30.3 Å². The summed E-state index contributed by atoms with van der Waals surface area (Å²) < 4.78 is 50.8. The summed E-state index contributed by atoms with van der Waals surface area (Å²) in [5.74, 6) is -0.943. The number of aliphatic hydroxyl groups excluding tert-OH is 1. The zero-order chi connectivity index (χ0) is 24.9. The Morgan fingerprint density at radius 1 is 1.18 bits per heavy atom. The van der Waals surface area contributed by atoms with Crippen molar-refractivity contribution in [3.63, 3.8) is 0 Å². The molecular formula is C23H26FN3O6S. The highest BCUT2D eigenvalue weighted by Gasteiger charge is 2.17. The summed E-state index contributed by atoms with van der Waals surface area (Å²) >= 11 is 0. The largest absolute Gasteiger partial charge is 0.488 e. The molecule has 3 aromatic rings. The third kappa shape index (κ3) is 6.33. The van der Waals surface area contributed by atoms with Gasteiger partial charge in [-0.3, -0.25) is 9.48 Å². The Kier molecular flexibility index (Phi) is 7.90. The van der Waals surface area contributed by atoms with Crippen LogP contribution in [0.2, 0.25) is 0 Å².